The van der Waals surface area contributed by atoms with Crippen molar-refractivity contribution in [3.63, 3.8) is 0 Å². The third-order valence-electron chi connectivity index (χ3n) is 6.34. The fourth-order valence-electron chi connectivity index (χ4n) is 4.47. The van der Waals surface area contributed by atoms with Crippen molar-refractivity contribution < 1.29 is 19.2 Å². The van der Waals surface area contributed by atoms with Crippen LogP contribution in [0.1, 0.15) is 36.6 Å². The van der Waals surface area contributed by atoms with E-state index in [0.29, 0.717) is 38.5 Å². The molecule has 0 aliphatic carbocycles. The Bertz CT molecular complexity index is 1790. The van der Waals surface area contributed by atoms with Crippen LogP contribution < -0.4 is 19.6 Å². The molecule has 10 heteroatoms. The molecule has 0 spiro atoms. The Kier molecular flexibility index (Phi) is 7.70. The van der Waals surface area contributed by atoms with Gasteiger partial charge in [0.15, 0.2) is 4.80 Å². The van der Waals surface area contributed by atoms with E-state index in [2.05, 4.69) is 4.99 Å². The zero-order valence-electron chi connectivity index (χ0n) is 21.8. The van der Waals surface area contributed by atoms with Gasteiger partial charge in [0.05, 0.1) is 33.4 Å². The first kappa shape index (κ1) is 26.8. The normalized spacial score (nSPS) is 14.8. The van der Waals surface area contributed by atoms with E-state index in [4.69, 9.17) is 9.47 Å². The van der Waals surface area contributed by atoms with E-state index < -0.39 is 16.9 Å². The Morgan fingerprint density at radius 1 is 1.10 bits per heavy atom. The minimum Gasteiger partial charge on any atom is -0.489 e. The largest absolute Gasteiger partial charge is 0.489 e. The Morgan fingerprint density at radius 3 is 2.55 bits per heavy atom. The number of rotatable bonds is 8. The van der Waals surface area contributed by atoms with E-state index in [9.17, 15) is 19.7 Å². The molecule has 202 valence electrons. The van der Waals surface area contributed by atoms with E-state index in [-0.39, 0.29) is 23.4 Å². The van der Waals surface area contributed by atoms with E-state index in [1.807, 2.05) is 42.5 Å². The summed E-state index contributed by atoms with van der Waals surface area (Å²) in [5.41, 5.74) is 2.52. The van der Waals surface area contributed by atoms with Crippen molar-refractivity contribution >= 4 is 29.1 Å². The zero-order valence-corrected chi connectivity index (χ0v) is 22.6. The molecule has 0 fully saturated rings. The second kappa shape index (κ2) is 11.5. The van der Waals surface area contributed by atoms with Crippen molar-refractivity contribution in [2.75, 3.05) is 6.61 Å². The average molecular weight is 556 g/mol. The number of carbonyl (C=O) groups excluding carboxylic acids is 1. The summed E-state index contributed by atoms with van der Waals surface area (Å²) in [6.45, 7) is 4.01. The van der Waals surface area contributed by atoms with Crippen LogP contribution in [-0.4, -0.2) is 22.1 Å². The second-order valence-corrected chi connectivity index (χ2v) is 10.0. The van der Waals surface area contributed by atoms with Crippen LogP contribution in [0, 0.1) is 10.1 Å². The monoisotopic (exact) mass is 555 g/mol. The molecule has 2 heterocycles. The number of fused-ring (bicyclic) bond motifs is 1. The highest BCUT2D eigenvalue weighted by atomic mass is 32.1. The van der Waals surface area contributed by atoms with E-state index in [0.717, 1.165) is 16.9 Å². The number of allylic oxidation sites excluding steroid dienone is 1. The zero-order chi connectivity index (χ0) is 28.2. The van der Waals surface area contributed by atoms with Gasteiger partial charge in [-0.15, -0.1) is 0 Å². The van der Waals surface area contributed by atoms with Gasteiger partial charge in [-0.2, -0.15) is 0 Å². The third-order valence-corrected chi connectivity index (χ3v) is 7.32. The molecule has 1 unspecified atom stereocenters. The van der Waals surface area contributed by atoms with Gasteiger partial charge in [-0.1, -0.05) is 65.9 Å². The van der Waals surface area contributed by atoms with Gasteiger partial charge in [-0.3, -0.25) is 19.5 Å². The smallest absolute Gasteiger partial charge is 0.338 e. The molecule has 1 aliphatic rings. The summed E-state index contributed by atoms with van der Waals surface area (Å²) in [5, 5.41) is 11.2. The Balaban J connectivity index is 1.57. The van der Waals surface area contributed by atoms with E-state index in [1.165, 1.54) is 16.7 Å². The maximum Gasteiger partial charge on any atom is 0.338 e. The summed E-state index contributed by atoms with van der Waals surface area (Å²) in [6.07, 6.45) is 1.60. The van der Waals surface area contributed by atoms with Crippen molar-refractivity contribution in [3.8, 4) is 5.75 Å². The Labute approximate surface area is 233 Å². The molecule has 0 bridgehead atoms. The van der Waals surface area contributed by atoms with Gasteiger partial charge in [-0.05, 0) is 48.7 Å². The second-order valence-electron chi connectivity index (χ2n) is 9.00. The highest BCUT2D eigenvalue weighted by Crippen LogP contribution is 2.31. The minimum absolute atomic E-state index is 0.0746. The van der Waals surface area contributed by atoms with Crippen molar-refractivity contribution in [3.05, 3.63) is 137 Å². The number of non-ortho nitro benzene ring substituents is 1. The van der Waals surface area contributed by atoms with Crippen LogP contribution in [0.25, 0.3) is 6.08 Å². The number of benzene rings is 3. The number of ether oxygens (including phenoxy) is 2. The van der Waals surface area contributed by atoms with Crippen LogP contribution in [-0.2, 0) is 16.1 Å². The van der Waals surface area contributed by atoms with Crippen LogP contribution in [0.15, 0.2) is 99.9 Å². The summed E-state index contributed by atoms with van der Waals surface area (Å²) in [5.74, 6) is 0.0928. The van der Waals surface area contributed by atoms with Gasteiger partial charge in [0.25, 0.3) is 11.2 Å². The number of hydrogen-bond donors (Lipinski definition) is 0. The first-order valence-corrected chi connectivity index (χ1v) is 13.4. The Morgan fingerprint density at radius 2 is 1.85 bits per heavy atom. The average Bonchev–Trinajstić information content (AvgIpc) is 3.26. The minimum atomic E-state index is -0.772. The van der Waals surface area contributed by atoms with E-state index >= 15 is 0 Å². The summed E-state index contributed by atoms with van der Waals surface area (Å²) in [7, 11) is 0. The topological polar surface area (TPSA) is 113 Å². The SMILES string of the molecule is CCOC(=O)C1=C(C)N=c2sc(=Cc3cccc([N+](=O)[O-])c3)c(=O)n2C1c1ccc(OCc2ccccc2)cc1. The first-order valence-electron chi connectivity index (χ1n) is 12.6. The van der Waals surface area contributed by atoms with Gasteiger partial charge < -0.3 is 9.47 Å². The molecular weight excluding hydrogens is 530 g/mol. The first-order chi connectivity index (χ1) is 19.4. The van der Waals surface area contributed by atoms with Crippen LogP contribution in [0.4, 0.5) is 5.69 Å². The molecule has 0 amide bonds. The van der Waals surface area contributed by atoms with Crippen LogP contribution in [0.5, 0.6) is 5.75 Å². The molecule has 0 saturated heterocycles. The van der Waals surface area contributed by atoms with Crippen LogP contribution in [0.3, 0.4) is 0 Å². The lowest BCUT2D eigenvalue weighted by Gasteiger charge is -2.24. The van der Waals surface area contributed by atoms with Gasteiger partial charge >= 0.3 is 5.97 Å². The highest BCUT2D eigenvalue weighted by molar-refractivity contribution is 7.07. The molecule has 3 aromatic carbocycles. The molecule has 0 N–H and O–H groups in total. The molecule has 1 aliphatic heterocycles. The maximum atomic E-state index is 13.7. The molecule has 5 rings (SSSR count). The summed E-state index contributed by atoms with van der Waals surface area (Å²) < 4.78 is 13.1. The van der Waals surface area contributed by atoms with E-state index in [1.54, 1.807) is 44.2 Å². The number of carbonyl (C=O) groups is 1. The molecule has 1 atom stereocenters. The lowest BCUT2D eigenvalue weighted by atomic mass is 9.96. The summed E-state index contributed by atoms with van der Waals surface area (Å²) >= 11 is 1.16. The van der Waals surface area contributed by atoms with Crippen LogP contribution in [0.2, 0.25) is 0 Å². The predicted octanol–water partition coefficient (Wildman–Crippen LogP) is 4.29. The van der Waals surface area contributed by atoms with Crippen molar-refractivity contribution in [1.82, 2.24) is 4.57 Å². The molecule has 0 radical (unpaired) electrons. The standard InChI is InChI=1S/C30H25N3O6S/c1-3-38-29(35)26-19(2)31-30-32(28(34)25(40-30)17-21-10-7-11-23(16-21)33(36)37)27(26)22-12-14-24(15-13-22)39-18-20-8-5-4-6-9-20/h4-17,27H,3,18H2,1-2H3. The number of aromatic nitrogens is 1. The molecule has 0 saturated carbocycles. The van der Waals surface area contributed by atoms with Crippen molar-refractivity contribution in [1.29, 1.82) is 0 Å². The molecular formula is C30H25N3O6S. The van der Waals surface area contributed by atoms with Gasteiger partial charge in [-0.25, -0.2) is 9.79 Å². The van der Waals surface area contributed by atoms with Gasteiger partial charge in [0.2, 0.25) is 0 Å². The molecule has 40 heavy (non-hydrogen) atoms. The van der Waals surface area contributed by atoms with Crippen LogP contribution >= 0.6 is 11.3 Å². The number of nitro groups is 1. The number of thiazole rings is 1. The lowest BCUT2D eigenvalue weighted by molar-refractivity contribution is -0.384. The molecule has 9 nitrogen and oxygen atoms in total. The van der Waals surface area contributed by atoms with Crippen molar-refractivity contribution in [2.24, 2.45) is 4.99 Å². The third kappa shape index (κ3) is 5.48. The van der Waals surface area contributed by atoms with Gasteiger partial charge in [0.1, 0.15) is 12.4 Å². The lowest BCUT2D eigenvalue weighted by Crippen LogP contribution is -2.39. The number of esters is 1. The Hall–Kier alpha value is -4.83. The highest BCUT2D eigenvalue weighted by Gasteiger charge is 2.33. The predicted molar refractivity (Wildman–Crippen MR) is 151 cm³/mol. The number of hydrogen-bond acceptors (Lipinski definition) is 8. The quantitative estimate of drug-likeness (QED) is 0.182. The molecule has 4 aromatic rings. The number of nitrogens with zero attached hydrogens (tertiary/aromatic N) is 3. The summed E-state index contributed by atoms with van der Waals surface area (Å²) in [4.78, 5) is 42.5. The fourth-order valence-corrected chi connectivity index (χ4v) is 5.52. The van der Waals surface area contributed by atoms with Gasteiger partial charge in [0, 0.05) is 12.1 Å². The molecule has 1 aromatic heterocycles. The fraction of sp³-hybridized carbons (Fsp3) is 0.167. The summed E-state index contributed by atoms with van der Waals surface area (Å²) in [6, 6.07) is 22.3. The number of nitro benzene ring substituents is 1. The van der Waals surface area contributed by atoms with Crippen molar-refractivity contribution in [2.45, 2.75) is 26.5 Å². The maximum absolute atomic E-state index is 13.7.